The van der Waals surface area contributed by atoms with Gasteiger partial charge in [-0.1, -0.05) is 12.1 Å². The Kier molecular flexibility index (Phi) is 4.39. The first-order chi connectivity index (χ1) is 12.1. The smallest absolute Gasteiger partial charge is 0.271 e. The number of likely N-dealkylation sites (tertiary alicyclic amines) is 1. The van der Waals surface area contributed by atoms with Crippen molar-refractivity contribution in [2.45, 2.75) is 31.8 Å². The SMILES string of the molecule is CN1CCC[C@H]1CCn1cnc2cc(-c3ccc(F)cc3)sc2c1=O. The zero-order valence-electron chi connectivity index (χ0n) is 14.1. The number of nitrogens with zero attached hydrogens (tertiary/aromatic N) is 3. The summed E-state index contributed by atoms with van der Waals surface area (Å²) in [6.07, 6.45) is 5.06. The van der Waals surface area contributed by atoms with Crippen LogP contribution in [0.2, 0.25) is 0 Å². The molecule has 0 spiro atoms. The van der Waals surface area contributed by atoms with Crippen molar-refractivity contribution < 1.29 is 4.39 Å². The van der Waals surface area contributed by atoms with E-state index < -0.39 is 0 Å². The maximum Gasteiger partial charge on any atom is 0.271 e. The highest BCUT2D eigenvalue weighted by Crippen LogP contribution is 2.30. The summed E-state index contributed by atoms with van der Waals surface area (Å²) in [6.45, 7) is 1.84. The zero-order chi connectivity index (χ0) is 17.4. The number of aromatic nitrogens is 2. The minimum atomic E-state index is -0.262. The van der Waals surface area contributed by atoms with Crippen LogP contribution in [-0.2, 0) is 6.54 Å². The van der Waals surface area contributed by atoms with Crippen LogP contribution in [0.4, 0.5) is 4.39 Å². The van der Waals surface area contributed by atoms with Gasteiger partial charge in [-0.05, 0) is 56.6 Å². The molecule has 3 heterocycles. The molecule has 0 aliphatic carbocycles. The van der Waals surface area contributed by atoms with Gasteiger partial charge >= 0.3 is 0 Å². The molecule has 1 atom stereocenters. The van der Waals surface area contributed by atoms with Crippen molar-refractivity contribution in [1.82, 2.24) is 14.5 Å². The van der Waals surface area contributed by atoms with Gasteiger partial charge in [-0.3, -0.25) is 9.36 Å². The molecule has 1 aliphatic rings. The van der Waals surface area contributed by atoms with Gasteiger partial charge in [0.05, 0.1) is 11.8 Å². The van der Waals surface area contributed by atoms with Crippen molar-refractivity contribution in [1.29, 1.82) is 0 Å². The number of thiophene rings is 1. The zero-order valence-corrected chi connectivity index (χ0v) is 14.9. The summed E-state index contributed by atoms with van der Waals surface area (Å²) >= 11 is 1.43. The van der Waals surface area contributed by atoms with Crippen molar-refractivity contribution in [3.05, 3.63) is 52.8 Å². The fourth-order valence-electron chi connectivity index (χ4n) is 3.49. The fourth-order valence-corrected chi connectivity index (χ4v) is 4.56. The van der Waals surface area contributed by atoms with E-state index in [-0.39, 0.29) is 11.4 Å². The third-order valence-electron chi connectivity index (χ3n) is 5.01. The van der Waals surface area contributed by atoms with E-state index >= 15 is 0 Å². The molecular formula is C19H20FN3OS. The number of hydrogen-bond donors (Lipinski definition) is 0. The Morgan fingerprint density at radius 2 is 2.12 bits per heavy atom. The number of rotatable bonds is 4. The summed E-state index contributed by atoms with van der Waals surface area (Å²) in [7, 11) is 2.15. The molecule has 130 valence electrons. The average molecular weight is 357 g/mol. The summed E-state index contributed by atoms with van der Waals surface area (Å²) in [4.78, 5) is 20.5. The molecule has 3 aromatic rings. The highest BCUT2D eigenvalue weighted by atomic mass is 32.1. The number of benzene rings is 1. The molecule has 0 unspecified atom stereocenters. The summed E-state index contributed by atoms with van der Waals surface area (Å²) in [6, 6.07) is 8.79. The highest BCUT2D eigenvalue weighted by Gasteiger charge is 2.20. The van der Waals surface area contributed by atoms with Crippen molar-refractivity contribution in [2.75, 3.05) is 13.6 Å². The maximum atomic E-state index is 13.1. The molecule has 0 amide bonds. The Bertz CT molecular complexity index is 947. The van der Waals surface area contributed by atoms with Gasteiger partial charge in [0.25, 0.3) is 5.56 Å². The third-order valence-corrected chi connectivity index (χ3v) is 6.17. The second kappa shape index (κ2) is 6.69. The van der Waals surface area contributed by atoms with Gasteiger partial charge in [-0.25, -0.2) is 9.37 Å². The summed E-state index contributed by atoms with van der Waals surface area (Å²) < 4.78 is 15.5. The fraction of sp³-hybridized carbons (Fsp3) is 0.368. The van der Waals surface area contributed by atoms with Gasteiger partial charge in [0, 0.05) is 17.5 Å². The minimum absolute atomic E-state index is 0.0176. The monoisotopic (exact) mass is 357 g/mol. The van der Waals surface area contributed by atoms with Crippen LogP contribution in [0.1, 0.15) is 19.3 Å². The van der Waals surface area contributed by atoms with E-state index in [4.69, 9.17) is 0 Å². The predicted octanol–water partition coefficient (Wildman–Crippen LogP) is 3.75. The van der Waals surface area contributed by atoms with Crippen LogP contribution >= 0.6 is 11.3 Å². The standard InChI is InChI=1S/C19H20FN3OS/c1-22-9-2-3-15(22)8-10-23-12-21-16-11-17(25-18(16)19(23)24)13-4-6-14(20)7-5-13/h4-7,11-12,15H,2-3,8-10H2,1H3/t15-/m0/s1. The second-order valence-corrected chi connectivity index (χ2v) is 7.69. The first-order valence-electron chi connectivity index (χ1n) is 8.57. The van der Waals surface area contributed by atoms with Gasteiger partial charge in [0.2, 0.25) is 0 Å². The van der Waals surface area contributed by atoms with E-state index in [1.54, 1.807) is 23.0 Å². The Morgan fingerprint density at radius 1 is 1.32 bits per heavy atom. The summed E-state index contributed by atoms with van der Waals surface area (Å²) in [5.74, 6) is -0.262. The van der Waals surface area contributed by atoms with Gasteiger partial charge in [0.15, 0.2) is 0 Å². The molecule has 25 heavy (non-hydrogen) atoms. The number of hydrogen-bond acceptors (Lipinski definition) is 4. The lowest BCUT2D eigenvalue weighted by molar-refractivity contribution is 0.285. The van der Waals surface area contributed by atoms with Crippen LogP contribution in [0.15, 0.2) is 41.5 Å². The highest BCUT2D eigenvalue weighted by molar-refractivity contribution is 7.22. The van der Waals surface area contributed by atoms with Crippen LogP contribution in [0, 0.1) is 5.82 Å². The molecule has 0 bridgehead atoms. The molecule has 4 nitrogen and oxygen atoms in total. The first-order valence-corrected chi connectivity index (χ1v) is 9.38. The van der Waals surface area contributed by atoms with E-state index in [9.17, 15) is 9.18 Å². The van der Waals surface area contributed by atoms with Crippen LogP contribution in [-0.4, -0.2) is 34.1 Å². The lowest BCUT2D eigenvalue weighted by Crippen LogP contribution is -2.28. The average Bonchev–Trinajstić information content (AvgIpc) is 3.22. The van der Waals surface area contributed by atoms with Crippen molar-refractivity contribution >= 4 is 21.6 Å². The van der Waals surface area contributed by atoms with Crippen LogP contribution < -0.4 is 5.56 Å². The van der Waals surface area contributed by atoms with Crippen molar-refractivity contribution in [3.8, 4) is 10.4 Å². The molecule has 2 aromatic heterocycles. The van der Waals surface area contributed by atoms with E-state index in [0.29, 0.717) is 22.8 Å². The van der Waals surface area contributed by atoms with Crippen LogP contribution in [0.25, 0.3) is 20.7 Å². The van der Waals surface area contributed by atoms with Crippen LogP contribution in [0.3, 0.4) is 0 Å². The van der Waals surface area contributed by atoms with Crippen molar-refractivity contribution in [3.63, 3.8) is 0 Å². The van der Waals surface area contributed by atoms with E-state index in [1.807, 2.05) is 6.07 Å². The Hall–Kier alpha value is -2.05. The Balaban J connectivity index is 1.61. The largest absolute Gasteiger partial charge is 0.303 e. The van der Waals surface area contributed by atoms with Gasteiger partial charge in [0.1, 0.15) is 10.5 Å². The predicted molar refractivity (Wildman–Crippen MR) is 99.5 cm³/mol. The molecule has 1 fully saturated rings. The third kappa shape index (κ3) is 3.24. The van der Waals surface area contributed by atoms with Crippen molar-refractivity contribution in [2.24, 2.45) is 0 Å². The first kappa shape index (κ1) is 16.4. The second-order valence-electron chi connectivity index (χ2n) is 6.64. The number of aryl methyl sites for hydroxylation is 1. The number of fused-ring (bicyclic) bond motifs is 1. The molecule has 0 saturated carbocycles. The van der Waals surface area contributed by atoms with Gasteiger partial charge in [-0.2, -0.15) is 0 Å². The lowest BCUT2D eigenvalue weighted by atomic mass is 10.1. The lowest BCUT2D eigenvalue weighted by Gasteiger charge is -2.19. The molecule has 1 aromatic carbocycles. The van der Waals surface area contributed by atoms with Gasteiger partial charge in [-0.15, -0.1) is 11.3 Å². The van der Waals surface area contributed by atoms with E-state index in [1.165, 1.54) is 36.3 Å². The molecule has 4 rings (SSSR count). The number of halogens is 1. The van der Waals surface area contributed by atoms with Crippen LogP contribution in [0.5, 0.6) is 0 Å². The van der Waals surface area contributed by atoms with E-state index in [0.717, 1.165) is 23.4 Å². The summed E-state index contributed by atoms with van der Waals surface area (Å²) in [5.41, 5.74) is 1.63. The molecule has 6 heteroatoms. The quantitative estimate of drug-likeness (QED) is 0.714. The minimum Gasteiger partial charge on any atom is -0.303 e. The Labute approximate surface area is 149 Å². The topological polar surface area (TPSA) is 38.1 Å². The molecule has 1 saturated heterocycles. The molecular weight excluding hydrogens is 337 g/mol. The maximum absolute atomic E-state index is 13.1. The molecule has 1 aliphatic heterocycles. The van der Waals surface area contributed by atoms with Gasteiger partial charge < -0.3 is 4.90 Å². The van der Waals surface area contributed by atoms with E-state index in [2.05, 4.69) is 16.9 Å². The molecule has 0 radical (unpaired) electrons. The molecule has 0 N–H and O–H groups in total. The Morgan fingerprint density at radius 3 is 2.84 bits per heavy atom. The normalized spacial score (nSPS) is 18.2. The summed E-state index contributed by atoms with van der Waals surface area (Å²) in [5, 5.41) is 0.